The Balaban J connectivity index is 1.90. The lowest BCUT2D eigenvalue weighted by Gasteiger charge is -2.17. The van der Waals surface area contributed by atoms with Gasteiger partial charge in [0.2, 0.25) is 0 Å². The van der Waals surface area contributed by atoms with Gasteiger partial charge in [-0.15, -0.1) is 0 Å². The van der Waals surface area contributed by atoms with Crippen molar-refractivity contribution in [3.63, 3.8) is 0 Å². The molecule has 3 atom stereocenters. The maximum atomic E-state index is 11.4. The molecule has 0 aromatic heterocycles. The zero-order valence-electron chi connectivity index (χ0n) is 11.4. The van der Waals surface area contributed by atoms with E-state index in [2.05, 4.69) is 17.0 Å². The highest BCUT2D eigenvalue weighted by atomic mass is 32.2. The fraction of sp³-hybridized carbons (Fsp3) is 0.571. The fourth-order valence-corrected chi connectivity index (χ4v) is 4.01. The van der Waals surface area contributed by atoms with E-state index in [9.17, 15) is 13.0 Å². The van der Waals surface area contributed by atoms with Crippen LogP contribution >= 0.6 is 0 Å². The van der Waals surface area contributed by atoms with Crippen molar-refractivity contribution in [1.29, 1.82) is 0 Å². The van der Waals surface area contributed by atoms with E-state index in [1.54, 1.807) is 0 Å². The van der Waals surface area contributed by atoms with Crippen LogP contribution < -0.4 is 0 Å². The van der Waals surface area contributed by atoms with E-state index in [0.717, 1.165) is 19.5 Å². The summed E-state index contributed by atoms with van der Waals surface area (Å²) < 4.78 is 32.1. The summed E-state index contributed by atoms with van der Waals surface area (Å²) in [6, 6.07) is 10.1. The first kappa shape index (κ1) is 14.5. The molecule has 106 valence electrons. The highest BCUT2D eigenvalue weighted by molar-refractivity contribution is 7.86. The van der Waals surface area contributed by atoms with Gasteiger partial charge in [-0.3, -0.25) is 9.45 Å². The number of hydrogen-bond donors (Lipinski definition) is 1. The molecule has 2 rings (SSSR count). The molecule has 0 amide bonds. The molecule has 1 N–H and O–H groups in total. The first-order chi connectivity index (χ1) is 8.89. The molecule has 0 spiro atoms. The van der Waals surface area contributed by atoms with Crippen LogP contribution in [0.2, 0.25) is 0 Å². The van der Waals surface area contributed by atoms with Crippen LogP contribution in [0.3, 0.4) is 0 Å². The molecular formula is C14H21NO3S. The van der Waals surface area contributed by atoms with Gasteiger partial charge in [0.25, 0.3) is 10.1 Å². The lowest BCUT2D eigenvalue weighted by Crippen LogP contribution is -2.34. The molecule has 4 nitrogen and oxygen atoms in total. The Morgan fingerprint density at radius 1 is 1.32 bits per heavy atom. The molecule has 0 radical (unpaired) electrons. The normalized spacial score (nSPS) is 24.4. The van der Waals surface area contributed by atoms with Crippen molar-refractivity contribution >= 4 is 10.1 Å². The summed E-state index contributed by atoms with van der Waals surface area (Å²) in [5, 5.41) is -0.664. The van der Waals surface area contributed by atoms with Crippen molar-refractivity contribution in [2.45, 2.75) is 31.6 Å². The predicted molar refractivity (Wildman–Crippen MR) is 75.7 cm³/mol. The average Bonchev–Trinajstić information content (AvgIpc) is 3.04. The molecule has 0 aliphatic carbocycles. The highest BCUT2D eigenvalue weighted by Gasteiger charge is 2.47. The van der Waals surface area contributed by atoms with Crippen LogP contribution in [0.4, 0.5) is 0 Å². The lowest BCUT2D eigenvalue weighted by atomic mass is 10.1. The van der Waals surface area contributed by atoms with E-state index in [1.165, 1.54) is 5.56 Å². The summed E-state index contributed by atoms with van der Waals surface area (Å²) in [6.07, 6.45) is 0.910. The van der Waals surface area contributed by atoms with Gasteiger partial charge in [0.15, 0.2) is 0 Å². The Kier molecular flexibility index (Phi) is 4.28. The molecule has 0 bridgehead atoms. The predicted octanol–water partition coefficient (Wildman–Crippen LogP) is 1.83. The number of rotatable bonds is 6. The molecule has 3 unspecified atom stereocenters. The van der Waals surface area contributed by atoms with Crippen LogP contribution in [-0.4, -0.2) is 42.3 Å². The van der Waals surface area contributed by atoms with E-state index in [-0.39, 0.29) is 12.0 Å². The zero-order chi connectivity index (χ0) is 14.0. The molecule has 1 aliphatic heterocycles. The Labute approximate surface area is 115 Å². The molecule has 1 heterocycles. The number of hydrogen-bond acceptors (Lipinski definition) is 3. The van der Waals surface area contributed by atoms with Crippen LogP contribution in [0.1, 0.15) is 19.4 Å². The van der Waals surface area contributed by atoms with Crippen LogP contribution in [0, 0.1) is 5.92 Å². The van der Waals surface area contributed by atoms with Gasteiger partial charge in [0.1, 0.15) is 5.25 Å². The number of nitrogens with zero attached hydrogens (tertiary/aromatic N) is 1. The van der Waals surface area contributed by atoms with Gasteiger partial charge in [0, 0.05) is 19.1 Å². The van der Waals surface area contributed by atoms with E-state index < -0.39 is 15.4 Å². The second-order valence-corrected chi connectivity index (χ2v) is 7.10. The standard InChI is InChI=1S/C14H21NO3S/c1-11(2)14(19(16,17)18)13-10-15(13)9-8-12-6-4-3-5-7-12/h3-7,11,13-14H,8-10H2,1-2H3,(H,16,17,18). The minimum absolute atomic E-state index is 0.0290. The Morgan fingerprint density at radius 3 is 2.47 bits per heavy atom. The van der Waals surface area contributed by atoms with E-state index >= 15 is 0 Å². The topological polar surface area (TPSA) is 57.4 Å². The van der Waals surface area contributed by atoms with Gasteiger partial charge in [-0.25, -0.2) is 0 Å². The molecule has 1 aromatic rings. The summed E-state index contributed by atoms with van der Waals surface area (Å²) in [7, 11) is -3.96. The second kappa shape index (κ2) is 5.61. The molecular weight excluding hydrogens is 262 g/mol. The van der Waals surface area contributed by atoms with Crippen molar-refractivity contribution in [1.82, 2.24) is 4.90 Å². The Morgan fingerprint density at radius 2 is 1.95 bits per heavy atom. The van der Waals surface area contributed by atoms with Gasteiger partial charge in [0.05, 0.1) is 0 Å². The van der Waals surface area contributed by atoms with Crippen LogP contribution in [0.5, 0.6) is 0 Å². The average molecular weight is 283 g/mol. The fourth-order valence-electron chi connectivity index (χ4n) is 2.67. The SMILES string of the molecule is CC(C)C(C1CN1CCc1ccccc1)S(=O)(=O)O. The Bertz CT molecular complexity index is 513. The third-order valence-corrected chi connectivity index (χ3v) is 5.21. The minimum Gasteiger partial charge on any atom is -0.296 e. The van der Waals surface area contributed by atoms with Crippen LogP contribution in [0.25, 0.3) is 0 Å². The minimum atomic E-state index is -3.96. The second-order valence-electron chi connectivity index (χ2n) is 5.52. The van der Waals surface area contributed by atoms with Crippen molar-refractivity contribution in [3.8, 4) is 0 Å². The maximum Gasteiger partial charge on any atom is 0.269 e. The van der Waals surface area contributed by atoms with Crippen molar-refractivity contribution in [2.24, 2.45) is 5.92 Å². The molecule has 0 saturated carbocycles. The molecule has 1 saturated heterocycles. The lowest BCUT2D eigenvalue weighted by molar-refractivity contribution is 0.407. The van der Waals surface area contributed by atoms with Crippen molar-refractivity contribution in [3.05, 3.63) is 35.9 Å². The first-order valence-electron chi connectivity index (χ1n) is 6.64. The van der Waals surface area contributed by atoms with E-state index in [0.29, 0.717) is 0 Å². The monoisotopic (exact) mass is 283 g/mol. The third-order valence-electron chi connectivity index (χ3n) is 3.67. The van der Waals surface area contributed by atoms with Gasteiger partial charge in [-0.05, 0) is 17.9 Å². The summed E-state index contributed by atoms with van der Waals surface area (Å²) in [5.74, 6) is -0.0678. The van der Waals surface area contributed by atoms with E-state index in [4.69, 9.17) is 0 Å². The van der Waals surface area contributed by atoms with Gasteiger partial charge in [-0.2, -0.15) is 8.42 Å². The molecule has 5 heteroatoms. The summed E-state index contributed by atoms with van der Waals surface area (Å²) >= 11 is 0. The largest absolute Gasteiger partial charge is 0.296 e. The quantitative estimate of drug-likeness (QED) is 0.639. The smallest absolute Gasteiger partial charge is 0.269 e. The van der Waals surface area contributed by atoms with Crippen molar-refractivity contribution < 1.29 is 13.0 Å². The maximum absolute atomic E-state index is 11.4. The Hall–Kier alpha value is -0.910. The van der Waals surface area contributed by atoms with Gasteiger partial charge in [-0.1, -0.05) is 44.2 Å². The third kappa shape index (κ3) is 3.78. The van der Waals surface area contributed by atoms with Gasteiger partial charge >= 0.3 is 0 Å². The van der Waals surface area contributed by atoms with Crippen molar-refractivity contribution in [2.75, 3.05) is 13.1 Å². The summed E-state index contributed by atoms with van der Waals surface area (Å²) in [4.78, 5) is 2.12. The highest BCUT2D eigenvalue weighted by Crippen LogP contribution is 2.30. The van der Waals surface area contributed by atoms with E-state index in [1.807, 2.05) is 32.0 Å². The number of benzene rings is 1. The molecule has 19 heavy (non-hydrogen) atoms. The molecule has 1 aliphatic rings. The van der Waals surface area contributed by atoms with Crippen LogP contribution in [-0.2, 0) is 16.5 Å². The summed E-state index contributed by atoms with van der Waals surface area (Å²) in [5.41, 5.74) is 1.25. The summed E-state index contributed by atoms with van der Waals surface area (Å²) in [6.45, 7) is 5.28. The van der Waals surface area contributed by atoms with Gasteiger partial charge < -0.3 is 0 Å². The molecule has 1 fully saturated rings. The molecule has 1 aromatic carbocycles. The van der Waals surface area contributed by atoms with Crippen LogP contribution in [0.15, 0.2) is 30.3 Å². The zero-order valence-corrected chi connectivity index (χ0v) is 12.2. The first-order valence-corrected chi connectivity index (χ1v) is 8.14.